The molecule has 182 valence electrons. The predicted octanol–water partition coefficient (Wildman–Crippen LogP) is 2.94. The summed E-state index contributed by atoms with van der Waals surface area (Å²) >= 11 is 1.60. The van der Waals surface area contributed by atoms with Crippen LogP contribution in [0.3, 0.4) is 0 Å². The summed E-state index contributed by atoms with van der Waals surface area (Å²) in [6, 6.07) is 13.1. The summed E-state index contributed by atoms with van der Waals surface area (Å²) in [5, 5.41) is 14.5. The molecule has 1 aromatic carbocycles. The molecule has 0 radical (unpaired) electrons. The third-order valence-corrected chi connectivity index (χ3v) is 8.32. The second kappa shape index (κ2) is 10.7. The minimum absolute atomic E-state index is 0.0115. The molecule has 4 N–H and O–H groups in total. The standard InChI is InChI=1S/C26H33N3O4S/c27-22(17-21-7-4-16-34-21)23(30)29-14-12-26(13-15-29,19-5-2-1-3-6-19)25(33)28-20-10-8-18(9-11-20)24(31)32/h1-7,16,18,20,22H,8-15,17,27H2,(H,28,33)(H,31,32)/t18?,20?,22-/m0/s1. The highest BCUT2D eigenvalue weighted by Gasteiger charge is 2.45. The van der Waals surface area contributed by atoms with Crippen LogP contribution in [0.25, 0.3) is 0 Å². The van der Waals surface area contributed by atoms with Crippen molar-refractivity contribution >= 4 is 29.1 Å². The number of nitrogens with two attached hydrogens (primary N) is 1. The van der Waals surface area contributed by atoms with E-state index in [0.717, 1.165) is 10.4 Å². The van der Waals surface area contributed by atoms with Gasteiger partial charge in [0.1, 0.15) is 0 Å². The van der Waals surface area contributed by atoms with Gasteiger partial charge in [-0.25, -0.2) is 0 Å². The van der Waals surface area contributed by atoms with Crippen molar-refractivity contribution in [2.75, 3.05) is 13.1 Å². The van der Waals surface area contributed by atoms with Gasteiger partial charge in [-0.3, -0.25) is 14.4 Å². The van der Waals surface area contributed by atoms with E-state index in [1.807, 2.05) is 47.8 Å². The van der Waals surface area contributed by atoms with Gasteiger partial charge in [0.05, 0.1) is 17.4 Å². The van der Waals surface area contributed by atoms with Crippen molar-refractivity contribution in [2.45, 2.75) is 62.4 Å². The van der Waals surface area contributed by atoms with Crippen molar-refractivity contribution in [2.24, 2.45) is 11.7 Å². The molecule has 0 spiro atoms. The average molecular weight is 484 g/mol. The molecule has 2 aromatic rings. The number of carboxylic acid groups (broad SMARTS) is 1. The topological polar surface area (TPSA) is 113 Å². The summed E-state index contributed by atoms with van der Waals surface area (Å²) in [5.41, 5.74) is 6.48. The molecule has 1 aliphatic heterocycles. The molecule has 0 bridgehead atoms. The Morgan fingerprint density at radius 2 is 1.74 bits per heavy atom. The summed E-state index contributed by atoms with van der Waals surface area (Å²) in [5.74, 6) is -1.15. The minimum Gasteiger partial charge on any atom is -0.481 e. The van der Waals surface area contributed by atoms with Crippen LogP contribution in [0.2, 0.25) is 0 Å². The number of rotatable bonds is 7. The molecule has 2 aliphatic rings. The maximum atomic E-state index is 13.7. The van der Waals surface area contributed by atoms with Crippen LogP contribution in [-0.4, -0.2) is 53.0 Å². The van der Waals surface area contributed by atoms with Gasteiger partial charge in [-0.15, -0.1) is 11.3 Å². The maximum absolute atomic E-state index is 13.7. The predicted molar refractivity (Wildman–Crippen MR) is 131 cm³/mol. The number of aliphatic carboxylic acids is 1. The Bertz CT molecular complexity index is 979. The quantitative estimate of drug-likeness (QED) is 0.561. The number of nitrogens with one attached hydrogen (secondary N) is 1. The Balaban J connectivity index is 1.43. The highest BCUT2D eigenvalue weighted by Crippen LogP contribution is 2.37. The summed E-state index contributed by atoms with van der Waals surface area (Å²) in [4.78, 5) is 40.8. The summed E-state index contributed by atoms with van der Waals surface area (Å²) in [6.07, 6.45) is 4.11. The second-order valence-electron chi connectivity index (χ2n) is 9.52. The van der Waals surface area contributed by atoms with Crippen LogP contribution in [0.15, 0.2) is 47.8 Å². The fourth-order valence-corrected chi connectivity index (χ4v) is 6.05. The lowest BCUT2D eigenvalue weighted by atomic mass is 9.71. The number of piperidine rings is 1. The number of hydrogen-bond acceptors (Lipinski definition) is 5. The van der Waals surface area contributed by atoms with E-state index in [1.165, 1.54) is 0 Å². The zero-order valence-corrected chi connectivity index (χ0v) is 20.1. The van der Waals surface area contributed by atoms with E-state index in [-0.39, 0.29) is 23.8 Å². The fourth-order valence-electron chi connectivity index (χ4n) is 5.29. The van der Waals surface area contributed by atoms with Crippen LogP contribution in [0.1, 0.15) is 49.0 Å². The number of hydrogen-bond donors (Lipinski definition) is 3. The molecule has 1 atom stereocenters. The van der Waals surface area contributed by atoms with Crippen molar-refractivity contribution in [1.82, 2.24) is 10.2 Å². The number of carbonyl (C=O) groups excluding carboxylic acids is 2. The van der Waals surface area contributed by atoms with E-state index in [4.69, 9.17) is 5.73 Å². The van der Waals surface area contributed by atoms with Crippen molar-refractivity contribution in [3.05, 3.63) is 58.3 Å². The lowest BCUT2D eigenvalue weighted by Gasteiger charge is -2.42. The Kier molecular flexibility index (Phi) is 7.68. The smallest absolute Gasteiger partial charge is 0.306 e. The molecule has 0 unspecified atom stereocenters. The van der Waals surface area contributed by atoms with Crippen LogP contribution in [0, 0.1) is 5.92 Å². The largest absolute Gasteiger partial charge is 0.481 e. The molecule has 2 heterocycles. The first-order valence-corrected chi connectivity index (χ1v) is 12.9. The van der Waals surface area contributed by atoms with Crippen molar-refractivity contribution < 1.29 is 19.5 Å². The van der Waals surface area contributed by atoms with Gasteiger partial charge in [-0.1, -0.05) is 36.4 Å². The molecule has 2 amide bonds. The zero-order valence-electron chi connectivity index (χ0n) is 19.3. The summed E-state index contributed by atoms with van der Waals surface area (Å²) in [6.45, 7) is 0.954. The molecule has 1 aliphatic carbocycles. The van der Waals surface area contributed by atoms with Crippen molar-refractivity contribution in [1.29, 1.82) is 0 Å². The van der Waals surface area contributed by atoms with Gasteiger partial charge in [0, 0.05) is 30.4 Å². The number of amides is 2. The minimum atomic E-state index is -0.750. The van der Waals surface area contributed by atoms with Crippen molar-refractivity contribution in [3.8, 4) is 0 Å². The van der Waals surface area contributed by atoms with Gasteiger partial charge < -0.3 is 21.1 Å². The van der Waals surface area contributed by atoms with Gasteiger partial charge in [0.15, 0.2) is 0 Å². The Morgan fingerprint density at radius 1 is 1.06 bits per heavy atom. The monoisotopic (exact) mass is 483 g/mol. The third-order valence-electron chi connectivity index (χ3n) is 7.42. The molecule has 7 nitrogen and oxygen atoms in total. The van der Waals surface area contributed by atoms with Crippen molar-refractivity contribution in [3.63, 3.8) is 0 Å². The van der Waals surface area contributed by atoms with E-state index < -0.39 is 17.4 Å². The first-order valence-electron chi connectivity index (χ1n) is 12.0. The van der Waals surface area contributed by atoms with Crippen LogP contribution in [-0.2, 0) is 26.2 Å². The van der Waals surface area contributed by atoms with Gasteiger partial charge >= 0.3 is 5.97 Å². The molecular weight excluding hydrogens is 450 g/mol. The molecule has 1 aromatic heterocycles. The highest BCUT2D eigenvalue weighted by molar-refractivity contribution is 7.09. The van der Waals surface area contributed by atoms with Gasteiger partial charge in [-0.2, -0.15) is 0 Å². The van der Waals surface area contributed by atoms with Gasteiger partial charge in [0.25, 0.3) is 0 Å². The molecule has 4 rings (SSSR count). The highest BCUT2D eigenvalue weighted by atomic mass is 32.1. The molecular formula is C26H33N3O4S. The molecule has 1 saturated heterocycles. The summed E-state index contributed by atoms with van der Waals surface area (Å²) in [7, 11) is 0. The molecule has 34 heavy (non-hydrogen) atoms. The summed E-state index contributed by atoms with van der Waals surface area (Å²) < 4.78 is 0. The second-order valence-corrected chi connectivity index (χ2v) is 10.6. The van der Waals surface area contributed by atoms with Crippen LogP contribution >= 0.6 is 11.3 Å². The average Bonchev–Trinajstić information content (AvgIpc) is 3.37. The first kappa shape index (κ1) is 24.4. The number of thiophene rings is 1. The van der Waals surface area contributed by atoms with Crippen LogP contribution in [0.5, 0.6) is 0 Å². The normalized spacial score (nSPS) is 23.1. The Morgan fingerprint density at radius 3 is 2.32 bits per heavy atom. The Hall–Kier alpha value is -2.71. The zero-order chi connectivity index (χ0) is 24.1. The first-order chi connectivity index (χ1) is 16.4. The lowest BCUT2D eigenvalue weighted by Crippen LogP contribution is -2.56. The van der Waals surface area contributed by atoms with Crippen LogP contribution in [0.4, 0.5) is 0 Å². The number of carboxylic acids is 1. The molecule has 1 saturated carbocycles. The van der Waals surface area contributed by atoms with Gasteiger partial charge in [-0.05, 0) is 55.5 Å². The van der Waals surface area contributed by atoms with E-state index in [9.17, 15) is 19.5 Å². The third kappa shape index (κ3) is 5.33. The number of benzene rings is 1. The van der Waals surface area contributed by atoms with E-state index in [2.05, 4.69) is 5.32 Å². The lowest BCUT2D eigenvalue weighted by molar-refractivity contribution is -0.143. The number of carbonyl (C=O) groups is 3. The SMILES string of the molecule is N[C@@H](Cc1cccs1)C(=O)N1CCC(C(=O)NC2CCC(C(=O)O)CC2)(c2ccccc2)CC1. The van der Waals surface area contributed by atoms with E-state index in [1.54, 1.807) is 16.2 Å². The van der Waals surface area contributed by atoms with E-state index in [0.29, 0.717) is 58.0 Å². The van der Waals surface area contributed by atoms with Gasteiger partial charge in [0.2, 0.25) is 11.8 Å². The number of nitrogens with zero attached hydrogens (tertiary/aromatic N) is 1. The van der Waals surface area contributed by atoms with Crippen LogP contribution < -0.4 is 11.1 Å². The van der Waals surface area contributed by atoms with E-state index >= 15 is 0 Å². The fraction of sp³-hybridized carbons (Fsp3) is 0.500. The molecule has 8 heteroatoms. The molecule has 2 fully saturated rings. The number of likely N-dealkylation sites (tertiary alicyclic amines) is 1. The maximum Gasteiger partial charge on any atom is 0.306 e. The Labute approximate surface area is 204 Å².